The monoisotopic (exact) mass is 463 g/mol. The zero-order valence-corrected chi connectivity index (χ0v) is 22.2. The Morgan fingerprint density at radius 2 is 1.81 bits per heavy atom. The predicted molar refractivity (Wildman–Crippen MR) is 131 cm³/mol. The summed E-state index contributed by atoms with van der Waals surface area (Å²) in [7, 11) is -0.169. The molecule has 0 aliphatic heterocycles. The smallest absolute Gasteiger partial charge is 0.410 e. The minimum absolute atomic E-state index is 0.116. The highest BCUT2D eigenvalue weighted by atomic mass is 28.4. The van der Waals surface area contributed by atoms with Gasteiger partial charge >= 0.3 is 6.09 Å². The fourth-order valence-electron chi connectivity index (χ4n) is 3.14. The van der Waals surface area contributed by atoms with E-state index in [-0.39, 0.29) is 11.6 Å². The molecule has 1 aromatic carbocycles. The number of aromatic nitrogens is 2. The molecule has 1 heterocycles. The van der Waals surface area contributed by atoms with Crippen LogP contribution in [0.5, 0.6) is 0 Å². The normalized spacial score (nSPS) is 13.9. The number of amides is 1. The first-order chi connectivity index (χ1) is 14.6. The number of aliphatic hydroxyl groups is 1. The van der Waals surface area contributed by atoms with Crippen molar-refractivity contribution in [2.75, 3.05) is 20.2 Å². The van der Waals surface area contributed by atoms with Crippen molar-refractivity contribution in [2.45, 2.75) is 84.3 Å². The van der Waals surface area contributed by atoms with Crippen molar-refractivity contribution in [3.05, 3.63) is 30.0 Å². The average Bonchev–Trinajstić information content (AvgIpc) is 3.01. The van der Waals surface area contributed by atoms with Crippen LogP contribution >= 0.6 is 0 Å². The van der Waals surface area contributed by atoms with Crippen LogP contribution in [0.2, 0.25) is 18.1 Å². The molecule has 1 N–H and O–H groups in total. The molecule has 0 aliphatic carbocycles. The van der Waals surface area contributed by atoms with E-state index in [1.54, 1.807) is 7.05 Å². The lowest BCUT2D eigenvalue weighted by atomic mass is 10.1. The second kappa shape index (κ2) is 9.93. The Balaban J connectivity index is 2.14. The van der Waals surface area contributed by atoms with E-state index in [0.29, 0.717) is 18.8 Å². The molecule has 0 aliphatic rings. The van der Waals surface area contributed by atoms with Gasteiger partial charge in [0.05, 0.1) is 17.8 Å². The molecule has 0 spiro atoms. The average molecular weight is 464 g/mol. The van der Waals surface area contributed by atoms with Crippen molar-refractivity contribution in [1.82, 2.24) is 14.7 Å². The number of aryl methyl sites for hydroxylation is 1. The van der Waals surface area contributed by atoms with E-state index in [2.05, 4.69) is 33.9 Å². The van der Waals surface area contributed by atoms with Crippen LogP contribution in [-0.2, 0) is 15.7 Å². The molecule has 1 unspecified atom stereocenters. The van der Waals surface area contributed by atoms with E-state index in [4.69, 9.17) is 14.3 Å². The first-order valence-corrected chi connectivity index (χ1v) is 14.2. The van der Waals surface area contributed by atoms with Gasteiger partial charge in [0.15, 0.2) is 8.32 Å². The largest absolute Gasteiger partial charge is 0.444 e. The molecule has 0 saturated heterocycles. The van der Waals surface area contributed by atoms with E-state index in [9.17, 15) is 9.90 Å². The maximum Gasteiger partial charge on any atom is 0.410 e. The van der Waals surface area contributed by atoms with Crippen molar-refractivity contribution >= 4 is 25.3 Å². The number of rotatable bonds is 8. The fraction of sp³-hybridized carbons (Fsp3) is 0.667. The molecule has 8 heteroatoms. The van der Waals surface area contributed by atoms with Crippen LogP contribution in [-0.4, -0.2) is 60.0 Å². The molecule has 0 radical (unpaired) electrons. The third-order valence-corrected chi connectivity index (χ3v) is 10.5. The second-order valence-corrected chi connectivity index (χ2v) is 15.8. The highest BCUT2D eigenvalue weighted by Crippen LogP contribution is 2.36. The van der Waals surface area contributed by atoms with Gasteiger partial charge in [0.1, 0.15) is 11.7 Å². The maximum absolute atomic E-state index is 12.4. The Kier molecular flexibility index (Phi) is 8.18. The number of nitrogens with zero attached hydrogens (tertiary/aromatic N) is 3. The van der Waals surface area contributed by atoms with Crippen LogP contribution in [0.25, 0.3) is 10.9 Å². The number of carbonyl (C=O) groups is 1. The number of hydrogen-bond acceptors (Lipinski definition) is 5. The SMILES string of the molecule is CN(CC(O)c1c2ccccc2nn1CCCO[Si](C)(C)C(C)(C)C)C(=O)OC(C)(C)C. The Morgan fingerprint density at radius 3 is 2.41 bits per heavy atom. The highest BCUT2D eigenvalue weighted by Gasteiger charge is 2.36. The van der Waals surface area contributed by atoms with E-state index >= 15 is 0 Å². The molecule has 7 nitrogen and oxygen atoms in total. The number of aliphatic hydroxyl groups excluding tert-OH is 1. The summed E-state index contributed by atoms with van der Waals surface area (Å²) in [5.74, 6) is 0. The van der Waals surface area contributed by atoms with Crippen molar-refractivity contribution in [3.8, 4) is 0 Å². The molecule has 0 fully saturated rings. The van der Waals surface area contributed by atoms with Crippen LogP contribution < -0.4 is 0 Å². The molecule has 0 saturated carbocycles. The lowest BCUT2D eigenvalue weighted by molar-refractivity contribution is 0.0198. The summed E-state index contributed by atoms with van der Waals surface area (Å²) in [5.41, 5.74) is 0.949. The van der Waals surface area contributed by atoms with Crippen LogP contribution in [0.4, 0.5) is 4.79 Å². The maximum atomic E-state index is 12.4. The van der Waals surface area contributed by atoms with E-state index in [1.165, 1.54) is 4.90 Å². The molecule has 32 heavy (non-hydrogen) atoms. The Labute approximate surface area is 193 Å². The van der Waals surface area contributed by atoms with Gasteiger partial charge in [0.25, 0.3) is 0 Å². The number of benzene rings is 1. The van der Waals surface area contributed by atoms with Crippen molar-refractivity contribution in [2.24, 2.45) is 0 Å². The zero-order valence-electron chi connectivity index (χ0n) is 21.2. The second-order valence-electron chi connectivity index (χ2n) is 11.0. The summed E-state index contributed by atoms with van der Waals surface area (Å²) in [6.07, 6.45) is -0.557. The van der Waals surface area contributed by atoms with Crippen LogP contribution in [0.15, 0.2) is 24.3 Å². The first-order valence-electron chi connectivity index (χ1n) is 11.3. The molecule has 1 aromatic heterocycles. The van der Waals surface area contributed by atoms with Gasteiger partial charge in [-0.25, -0.2) is 4.79 Å². The van der Waals surface area contributed by atoms with Gasteiger partial charge in [-0.15, -0.1) is 0 Å². The predicted octanol–water partition coefficient (Wildman–Crippen LogP) is 5.35. The molecular weight excluding hydrogens is 422 g/mol. The van der Waals surface area contributed by atoms with Gasteiger partial charge in [0, 0.05) is 25.6 Å². The molecule has 2 rings (SSSR count). The number of hydrogen-bond donors (Lipinski definition) is 1. The Hall–Kier alpha value is -1.90. The number of likely N-dealkylation sites (N-methyl/N-ethyl adjacent to an activating group) is 1. The number of carbonyl (C=O) groups excluding carboxylic acids is 1. The molecular formula is C24H41N3O4Si. The van der Waals surface area contributed by atoms with Crippen LogP contribution in [0.3, 0.4) is 0 Å². The lowest BCUT2D eigenvalue weighted by Crippen LogP contribution is -2.41. The summed E-state index contributed by atoms with van der Waals surface area (Å²) in [5, 5.41) is 16.8. The summed E-state index contributed by atoms with van der Waals surface area (Å²) < 4.78 is 13.6. The third kappa shape index (κ3) is 6.80. The van der Waals surface area contributed by atoms with Crippen molar-refractivity contribution in [1.29, 1.82) is 0 Å². The molecule has 2 aromatic rings. The fourth-order valence-corrected chi connectivity index (χ4v) is 4.23. The number of ether oxygens (including phenoxy) is 1. The summed E-state index contributed by atoms with van der Waals surface area (Å²) >= 11 is 0. The lowest BCUT2D eigenvalue weighted by Gasteiger charge is -2.36. The van der Waals surface area contributed by atoms with Crippen LogP contribution in [0, 0.1) is 0 Å². The Morgan fingerprint density at radius 1 is 1.19 bits per heavy atom. The third-order valence-electron chi connectivity index (χ3n) is 5.94. The van der Waals surface area contributed by atoms with E-state index in [1.807, 2.05) is 49.7 Å². The minimum Gasteiger partial charge on any atom is -0.444 e. The molecule has 1 atom stereocenters. The van der Waals surface area contributed by atoms with Crippen molar-refractivity contribution in [3.63, 3.8) is 0 Å². The van der Waals surface area contributed by atoms with Gasteiger partial charge in [-0.05, 0) is 51.4 Å². The molecule has 180 valence electrons. The van der Waals surface area contributed by atoms with Crippen molar-refractivity contribution < 1.29 is 19.1 Å². The summed E-state index contributed by atoms with van der Waals surface area (Å²) in [6.45, 7) is 18.1. The summed E-state index contributed by atoms with van der Waals surface area (Å²) in [6, 6.07) is 7.76. The van der Waals surface area contributed by atoms with Gasteiger partial charge < -0.3 is 19.2 Å². The van der Waals surface area contributed by atoms with Gasteiger partial charge in [-0.3, -0.25) is 4.68 Å². The van der Waals surface area contributed by atoms with E-state index in [0.717, 1.165) is 17.3 Å². The first kappa shape index (κ1) is 26.4. The molecule has 0 bridgehead atoms. The van der Waals surface area contributed by atoms with Crippen LogP contribution in [0.1, 0.15) is 59.8 Å². The quantitative estimate of drug-likeness (QED) is 0.422. The highest BCUT2D eigenvalue weighted by molar-refractivity contribution is 6.74. The van der Waals surface area contributed by atoms with Gasteiger partial charge in [0.2, 0.25) is 0 Å². The standard InChI is InChI=1S/C24H41N3O4Si/c1-23(2,3)31-22(29)26(7)17-20(28)21-18-13-10-11-14-19(18)25-27(21)15-12-16-30-32(8,9)24(4,5)6/h10-11,13-14,20,28H,12,15-17H2,1-9H3. The topological polar surface area (TPSA) is 76.8 Å². The Bertz CT molecular complexity index is 912. The van der Waals surface area contributed by atoms with E-state index < -0.39 is 26.1 Å². The number of fused-ring (bicyclic) bond motifs is 1. The van der Waals surface area contributed by atoms with Gasteiger partial charge in [-0.1, -0.05) is 39.0 Å². The summed E-state index contributed by atoms with van der Waals surface area (Å²) in [4.78, 5) is 13.8. The van der Waals surface area contributed by atoms with Gasteiger partial charge in [-0.2, -0.15) is 5.10 Å². The zero-order chi connectivity index (χ0) is 24.3. The molecule has 1 amide bonds. The minimum atomic E-state index is -1.80.